The Balaban J connectivity index is 2.65. The lowest BCUT2D eigenvalue weighted by atomic mass is 9.84. The monoisotopic (exact) mass is 214 g/mol. The Kier molecular flexibility index (Phi) is 4.60. The summed E-state index contributed by atoms with van der Waals surface area (Å²) in [4.78, 5) is 0. The van der Waals surface area contributed by atoms with Gasteiger partial charge in [0.1, 0.15) is 0 Å². The van der Waals surface area contributed by atoms with Crippen LogP contribution in [0.3, 0.4) is 0 Å². The van der Waals surface area contributed by atoms with Crippen molar-refractivity contribution in [3.05, 3.63) is 0 Å². The fourth-order valence-electron chi connectivity index (χ4n) is 2.69. The average molecular weight is 214 g/mol. The van der Waals surface area contributed by atoms with Crippen LogP contribution in [0.25, 0.3) is 0 Å². The van der Waals surface area contributed by atoms with Gasteiger partial charge in [-0.05, 0) is 31.6 Å². The molecule has 15 heavy (non-hydrogen) atoms. The lowest BCUT2D eigenvalue weighted by Gasteiger charge is -2.42. The molecule has 1 aliphatic rings. The van der Waals surface area contributed by atoms with E-state index >= 15 is 0 Å². The van der Waals surface area contributed by atoms with Crippen LogP contribution in [-0.2, 0) is 9.47 Å². The lowest BCUT2D eigenvalue weighted by Crippen LogP contribution is -2.48. The summed E-state index contributed by atoms with van der Waals surface area (Å²) in [5.74, 6) is 1.33. The molecule has 2 heteroatoms. The topological polar surface area (TPSA) is 18.5 Å². The van der Waals surface area contributed by atoms with E-state index in [1.807, 2.05) is 0 Å². The number of hydrogen-bond acceptors (Lipinski definition) is 2. The van der Waals surface area contributed by atoms with Crippen LogP contribution >= 0.6 is 0 Å². The molecule has 1 unspecified atom stereocenters. The van der Waals surface area contributed by atoms with Crippen molar-refractivity contribution in [1.29, 1.82) is 0 Å². The minimum Gasteiger partial charge on any atom is -0.376 e. The molecular weight excluding hydrogens is 188 g/mol. The van der Waals surface area contributed by atoms with Crippen molar-refractivity contribution in [1.82, 2.24) is 0 Å². The van der Waals surface area contributed by atoms with Crippen molar-refractivity contribution in [2.45, 2.75) is 59.2 Å². The smallest absolute Gasteiger partial charge is 0.0924 e. The van der Waals surface area contributed by atoms with Crippen LogP contribution in [0, 0.1) is 11.8 Å². The van der Waals surface area contributed by atoms with E-state index < -0.39 is 0 Å². The summed E-state index contributed by atoms with van der Waals surface area (Å²) in [6.45, 7) is 12.6. The molecule has 0 radical (unpaired) electrons. The van der Waals surface area contributed by atoms with Crippen molar-refractivity contribution in [3.8, 4) is 0 Å². The molecule has 0 bridgehead atoms. The van der Waals surface area contributed by atoms with Crippen molar-refractivity contribution in [2.24, 2.45) is 11.8 Å². The Morgan fingerprint density at radius 1 is 1.13 bits per heavy atom. The normalized spacial score (nSPS) is 26.2. The first-order valence-electron chi connectivity index (χ1n) is 6.19. The minimum atomic E-state index is -0.0278. The summed E-state index contributed by atoms with van der Waals surface area (Å²) in [5.41, 5.74) is -0.0278. The first kappa shape index (κ1) is 13.0. The van der Waals surface area contributed by atoms with E-state index in [0.717, 1.165) is 26.1 Å². The van der Waals surface area contributed by atoms with Gasteiger partial charge in [0, 0.05) is 0 Å². The molecule has 2 nitrogen and oxygen atoms in total. The van der Waals surface area contributed by atoms with Crippen LogP contribution in [-0.4, -0.2) is 24.9 Å². The highest BCUT2D eigenvalue weighted by atomic mass is 16.6. The Morgan fingerprint density at radius 3 is 2.07 bits per heavy atom. The Morgan fingerprint density at radius 2 is 1.67 bits per heavy atom. The van der Waals surface area contributed by atoms with Gasteiger partial charge in [0.15, 0.2) is 0 Å². The van der Waals surface area contributed by atoms with Crippen LogP contribution < -0.4 is 0 Å². The Labute approximate surface area is 94.3 Å². The molecular formula is C13H26O2. The van der Waals surface area contributed by atoms with Crippen LogP contribution in [0.4, 0.5) is 0 Å². The zero-order valence-electron chi connectivity index (χ0n) is 10.9. The van der Waals surface area contributed by atoms with Crippen LogP contribution in [0.1, 0.15) is 47.5 Å². The number of rotatable bonds is 4. The van der Waals surface area contributed by atoms with Crippen LogP contribution in [0.5, 0.6) is 0 Å². The molecule has 1 saturated heterocycles. The predicted octanol–water partition coefficient (Wildman–Crippen LogP) is 3.25. The summed E-state index contributed by atoms with van der Waals surface area (Å²) in [6, 6.07) is 0. The second-order valence-corrected chi connectivity index (χ2v) is 5.82. The summed E-state index contributed by atoms with van der Waals surface area (Å²) in [7, 11) is 0. The van der Waals surface area contributed by atoms with Gasteiger partial charge < -0.3 is 9.47 Å². The standard InChI is InChI=1S/C13H26O2/c1-10(2)6-13(7-11(3)4)9-14-8-12(5)15-13/h10-12H,6-9H2,1-5H3. The molecule has 0 saturated carbocycles. The number of ether oxygens (including phenoxy) is 2. The first-order chi connectivity index (χ1) is 6.93. The molecule has 0 aliphatic carbocycles. The van der Waals surface area contributed by atoms with Crippen molar-refractivity contribution < 1.29 is 9.47 Å². The molecule has 0 N–H and O–H groups in total. The van der Waals surface area contributed by atoms with Gasteiger partial charge in [-0.25, -0.2) is 0 Å². The maximum absolute atomic E-state index is 6.17. The molecule has 0 amide bonds. The largest absolute Gasteiger partial charge is 0.376 e. The molecule has 1 rings (SSSR count). The Bertz CT molecular complexity index is 171. The van der Waals surface area contributed by atoms with E-state index in [2.05, 4.69) is 34.6 Å². The van der Waals surface area contributed by atoms with Crippen molar-refractivity contribution in [2.75, 3.05) is 13.2 Å². The number of hydrogen-bond donors (Lipinski definition) is 0. The quantitative estimate of drug-likeness (QED) is 0.715. The van der Waals surface area contributed by atoms with E-state index in [4.69, 9.17) is 9.47 Å². The van der Waals surface area contributed by atoms with Gasteiger partial charge in [-0.3, -0.25) is 0 Å². The van der Waals surface area contributed by atoms with Crippen molar-refractivity contribution in [3.63, 3.8) is 0 Å². The van der Waals surface area contributed by atoms with E-state index in [1.165, 1.54) is 0 Å². The molecule has 0 aromatic heterocycles. The summed E-state index contributed by atoms with van der Waals surface area (Å²) < 4.78 is 11.8. The van der Waals surface area contributed by atoms with E-state index in [9.17, 15) is 0 Å². The van der Waals surface area contributed by atoms with E-state index in [1.54, 1.807) is 0 Å². The Hall–Kier alpha value is -0.0800. The van der Waals surface area contributed by atoms with Gasteiger partial charge in [-0.1, -0.05) is 27.7 Å². The fraction of sp³-hybridized carbons (Fsp3) is 1.00. The third-order valence-corrected chi connectivity index (χ3v) is 2.73. The minimum absolute atomic E-state index is 0.0278. The molecule has 0 aromatic carbocycles. The van der Waals surface area contributed by atoms with Gasteiger partial charge in [0.05, 0.1) is 24.9 Å². The molecule has 1 heterocycles. The average Bonchev–Trinajstić information content (AvgIpc) is 1.99. The molecule has 1 fully saturated rings. The zero-order valence-corrected chi connectivity index (χ0v) is 10.9. The SMILES string of the molecule is CC(C)CC1(CC(C)C)COCC(C)O1. The second kappa shape index (κ2) is 5.31. The van der Waals surface area contributed by atoms with Crippen LogP contribution in [0.15, 0.2) is 0 Å². The van der Waals surface area contributed by atoms with E-state index in [0.29, 0.717) is 11.8 Å². The molecule has 0 spiro atoms. The highest BCUT2D eigenvalue weighted by Crippen LogP contribution is 2.33. The molecule has 90 valence electrons. The predicted molar refractivity (Wildman–Crippen MR) is 63.0 cm³/mol. The third kappa shape index (κ3) is 4.12. The van der Waals surface area contributed by atoms with Crippen LogP contribution in [0.2, 0.25) is 0 Å². The van der Waals surface area contributed by atoms with Gasteiger partial charge >= 0.3 is 0 Å². The van der Waals surface area contributed by atoms with Gasteiger partial charge in [0.25, 0.3) is 0 Å². The highest BCUT2D eigenvalue weighted by Gasteiger charge is 2.37. The molecule has 1 atom stereocenters. The molecule has 0 aromatic rings. The highest BCUT2D eigenvalue weighted by molar-refractivity contribution is 4.86. The summed E-state index contributed by atoms with van der Waals surface area (Å²) in [6.07, 6.45) is 2.46. The second-order valence-electron chi connectivity index (χ2n) is 5.82. The molecule has 1 aliphatic heterocycles. The van der Waals surface area contributed by atoms with Gasteiger partial charge in [-0.2, -0.15) is 0 Å². The van der Waals surface area contributed by atoms with Crippen molar-refractivity contribution >= 4 is 0 Å². The summed E-state index contributed by atoms with van der Waals surface area (Å²) in [5, 5.41) is 0. The maximum atomic E-state index is 6.17. The lowest BCUT2D eigenvalue weighted by molar-refractivity contribution is -0.205. The fourth-order valence-corrected chi connectivity index (χ4v) is 2.69. The maximum Gasteiger partial charge on any atom is 0.0924 e. The summed E-state index contributed by atoms with van der Waals surface area (Å²) >= 11 is 0. The third-order valence-electron chi connectivity index (χ3n) is 2.73. The van der Waals surface area contributed by atoms with Gasteiger partial charge in [-0.15, -0.1) is 0 Å². The first-order valence-corrected chi connectivity index (χ1v) is 6.19. The van der Waals surface area contributed by atoms with Gasteiger partial charge in [0.2, 0.25) is 0 Å². The van der Waals surface area contributed by atoms with E-state index in [-0.39, 0.29) is 11.7 Å². The zero-order chi connectivity index (χ0) is 11.5.